The van der Waals surface area contributed by atoms with Gasteiger partial charge < -0.3 is 15.4 Å². The summed E-state index contributed by atoms with van der Waals surface area (Å²) in [7, 11) is 0. The van der Waals surface area contributed by atoms with E-state index in [9.17, 15) is 24.8 Å². The van der Waals surface area contributed by atoms with Crippen LogP contribution in [0.15, 0.2) is 24.4 Å². The van der Waals surface area contributed by atoms with Crippen LogP contribution in [0.4, 0.5) is 5.69 Å². The van der Waals surface area contributed by atoms with Gasteiger partial charge in [0.15, 0.2) is 0 Å². The Morgan fingerprint density at radius 3 is 2.64 bits per heavy atom. The first kappa shape index (κ1) is 16.9. The predicted molar refractivity (Wildman–Crippen MR) is 90.4 cm³/mol. The summed E-state index contributed by atoms with van der Waals surface area (Å²) in [6.45, 7) is 0.0583. The van der Waals surface area contributed by atoms with Crippen molar-refractivity contribution in [2.24, 2.45) is 5.41 Å². The Morgan fingerprint density at radius 2 is 2.00 bits per heavy atom. The molecule has 1 fully saturated rings. The van der Waals surface area contributed by atoms with Crippen molar-refractivity contribution in [2.75, 3.05) is 6.54 Å². The highest BCUT2D eigenvalue weighted by Gasteiger charge is 2.39. The number of nitrogens with zero attached hydrogens (tertiary/aromatic N) is 1. The lowest BCUT2D eigenvalue weighted by Gasteiger charge is -2.33. The number of amides is 1. The number of aromatic amines is 1. The molecule has 0 aliphatic heterocycles. The van der Waals surface area contributed by atoms with Crippen LogP contribution in [0.5, 0.6) is 0 Å². The molecule has 1 heterocycles. The Bertz CT molecular complexity index is 836. The number of aliphatic carboxylic acids is 1. The van der Waals surface area contributed by atoms with Crippen molar-refractivity contribution in [1.29, 1.82) is 0 Å². The largest absolute Gasteiger partial charge is 0.481 e. The molecule has 0 atom stereocenters. The van der Waals surface area contributed by atoms with Gasteiger partial charge in [-0.1, -0.05) is 19.3 Å². The summed E-state index contributed by atoms with van der Waals surface area (Å²) in [6.07, 6.45) is 5.25. The Morgan fingerprint density at radius 1 is 1.28 bits per heavy atom. The second-order valence-electron chi connectivity index (χ2n) is 6.52. The molecular weight excluding hydrogens is 326 g/mol. The number of carbonyl (C=O) groups excluding carboxylic acids is 1. The summed E-state index contributed by atoms with van der Waals surface area (Å²) < 4.78 is 0. The number of carboxylic acids is 1. The maximum Gasteiger partial charge on any atom is 0.311 e. The number of nitro groups is 1. The zero-order valence-corrected chi connectivity index (χ0v) is 13.6. The summed E-state index contributed by atoms with van der Waals surface area (Å²) in [5.74, 6) is -1.32. The van der Waals surface area contributed by atoms with Gasteiger partial charge >= 0.3 is 5.97 Å². The summed E-state index contributed by atoms with van der Waals surface area (Å²) in [6, 6.07) is 4.25. The first-order valence-corrected chi connectivity index (χ1v) is 8.20. The second-order valence-corrected chi connectivity index (χ2v) is 6.52. The minimum atomic E-state index is -0.925. The lowest BCUT2D eigenvalue weighted by molar-refractivity contribution is -0.384. The molecule has 0 radical (unpaired) electrons. The molecule has 1 aliphatic rings. The third-order valence-electron chi connectivity index (χ3n) is 4.97. The molecular formula is C17H19N3O5. The number of aromatic nitrogens is 1. The van der Waals surface area contributed by atoms with E-state index >= 15 is 0 Å². The van der Waals surface area contributed by atoms with Crippen molar-refractivity contribution in [3.05, 3.63) is 40.1 Å². The van der Waals surface area contributed by atoms with Gasteiger partial charge in [0.25, 0.3) is 11.6 Å². The fourth-order valence-electron chi connectivity index (χ4n) is 3.45. The van der Waals surface area contributed by atoms with Crippen molar-refractivity contribution in [2.45, 2.75) is 32.1 Å². The lowest BCUT2D eigenvalue weighted by atomic mass is 9.74. The molecule has 132 valence electrons. The van der Waals surface area contributed by atoms with Gasteiger partial charge in [-0.3, -0.25) is 19.7 Å². The number of carboxylic acid groups (broad SMARTS) is 1. The molecule has 1 aromatic heterocycles. The highest BCUT2D eigenvalue weighted by Crippen LogP contribution is 2.36. The first-order chi connectivity index (χ1) is 11.9. The van der Waals surface area contributed by atoms with Gasteiger partial charge in [-0.25, -0.2) is 0 Å². The summed E-state index contributed by atoms with van der Waals surface area (Å²) in [4.78, 5) is 37.5. The number of rotatable bonds is 5. The van der Waals surface area contributed by atoms with Gasteiger partial charge in [-0.2, -0.15) is 0 Å². The summed E-state index contributed by atoms with van der Waals surface area (Å²) in [5, 5.41) is 23.6. The Kier molecular flexibility index (Phi) is 4.43. The number of H-pyrrole nitrogens is 1. The van der Waals surface area contributed by atoms with E-state index in [1.165, 1.54) is 18.3 Å². The van der Waals surface area contributed by atoms with E-state index in [4.69, 9.17) is 0 Å². The van der Waals surface area contributed by atoms with E-state index in [-0.39, 0.29) is 17.8 Å². The highest BCUT2D eigenvalue weighted by molar-refractivity contribution is 6.07. The van der Waals surface area contributed by atoms with Crippen LogP contribution < -0.4 is 5.32 Å². The molecule has 1 aliphatic carbocycles. The van der Waals surface area contributed by atoms with Gasteiger partial charge in [-0.15, -0.1) is 0 Å². The van der Waals surface area contributed by atoms with E-state index in [1.807, 2.05) is 0 Å². The topological polar surface area (TPSA) is 125 Å². The van der Waals surface area contributed by atoms with Crippen LogP contribution in [0.25, 0.3) is 10.9 Å². The predicted octanol–water partition coefficient (Wildman–Crippen LogP) is 2.84. The minimum Gasteiger partial charge on any atom is -0.481 e. The first-order valence-electron chi connectivity index (χ1n) is 8.20. The molecule has 8 nitrogen and oxygen atoms in total. The second kappa shape index (κ2) is 6.54. The number of nitro benzene ring substituents is 1. The molecule has 0 saturated heterocycles. The van der Waals surface area contributed by atoms with E-state index in [2.05, 4.69) is 10.3 Å². The number of hydrogen-bond donors (Lipinski definition) is 3. The monoisotopic (exact) mass is 345 g/mol. The van der Waals surface area contributed by atoms with Crippen molar-refractivity contribution >= 4 is 28.5 Å². The number of carbonyl (C=O) groups is 2. The fourth-order valence-corrected chi connectivity index (χ4v) is 3.45. The van der Waals surface area contributed by atoms with Crippen LogP contribution in [-0.2, 0) is 4.79 Å². The normalized spacial score (nSPS) is 16.5. The molecule has 0 spiro atoms. The van der Waals surface area contributed by atoms with Crippen molar-refractivity contribution in [1.82, 2.24) is 10.3 Å². The van der Waals surface area contributed by atoms with Crippen LogP contribution in [-0.4, -0.2) is 33.4 Å². The Labute approximate surface area is 143 Å². The summed E-state index contributed by atoms with van der Waals surface area (Å²) >= 11 is 0. The van der Waals surface area contributed by atoms with E-state index in [0.29, 0.717) is 23.7 Å². The van der Waals surface area contributed by atoms with Crippen LogP contribution in [0, 0.1) is 15.5 Å². The third kappa shape index (κ3) is 3.19. The van der Waals surface area contributed by atoms with Gasteiger partial charge in [0.1, 0.15) is 0 Å². The average molecular weight is 345 g/mol. The third-order valence-corrected chi connectivity index (χ3v) is 4.97. The van der Waals surface area contributed by atoms with Crippen molar-refractivity contribution < 1.29 is 19.6 Å². The van der Waals surface area contributed by atoms with Crippen LogP contribution >= 0.6 is 0 Å². The number of benzene rings is 1. The summed E-state index contributed by atoms with van der Waals surface area (Å²) in [5.41, 5.74) is -0.140. The molecule has 3 N–H and O–H groups in total. The molecule has 2 aromatic rings. The van der Waals surface area contributed by atoms with Crippen LogP contribution in [0.2, 0.25) is 0 Å². The molecule has 0 unspecified atom stereocenters. The molecule has 1 amide bonds. The molecule has 1 saturated carbocycles. The lowest BCUT2D eigenvalue weighted by Crippen LogP contribution is -2.44. The average Bonchev–Trinajstić information content (AvgIpc) is 3.03. The standard InChI is InChI=1S/C17H19N3O5/c21-15(19-10-17(16(22)23)6-2-1-3-7-17)13-9-18-14-5-4-11(20(24)25)8-12(13)14/h4-5,8-9,18H,1-3,6-7,10H2,(H,19,21)(H,22,23). The maximum absolute atomic E-state index is 12.5. The number of nitrogens with one attached hydrogen (secondary N) is 2. The fraction of sp³-hybridized carbons (Fsp3) is 0.412. The molecule has 1 aromatic carbocycles. The zero-order valence-electron chi connectivity index (χ0n) is 13.6. The van der Waals surface area contributed by atoms with Crippen molar-refractivity contribution in [3.8, 4) is 0 Å². The van der Waals surface area contributed by atoms with Gasteiger partial charge in [0.2, 0.25) is 0 Å². The van der Waals surface area contributed by atoms with Gasteiger partial charge in [0, 0.05) is 35.8 Å². The van der Waals surface area contributed by atoms with Crippen LogP contribution in [0.3, 0.4) is 0 Å². The Hall–Kier alpha value is -2.90. The highest BCUT2D eigenvalue weighted by atomic mass is 16.6. The number of non-ortho nitro benzene ring substituents is 1. The van der Waals surface area contributed by atoms with E-state index in [0.717, 1.165) is 19.3 Å². The smallest absolute Gasteiger partial charge is 0.311 e. The minimum absolute atomic E-state index is 0.0583. The molecule has 8 heteroatoms. The molecule has 3 rings (SSSR count). The zero-order chi connectivity index (χ0) is 18.0. The van der Waals surface area contributed by atoms with Crippen molar-refractivity contribution in [3.63, 3.8) is 0 Å². The van der Waals surface area contributed by atoms with Gasteiger partial charge in [0.05, 0.1) is 15.9 Å². The quantitative estimate of drug-likeness (QED) is 0.567. The molecule has 0 bridgehead atoms. The SMILES string of the molecule is O=C(NCC1(C(=O)O)CCCCC1)c1c[nH]c2ccc([N+](=O)[O-])cc12. The Balaban J connectivity index is 1.81. The van der Waals surface area contributed by atoms with Gasteiger partial charge in [-0.05, 0) is 18.9 Å². The van der Waals surface area contributed by atoms with E-state index < -0.39 is 22.2 Å². The van der Waals surface area contributed by atoms with Crippen LogP contribution in [0.1, 0.15) is 42.5 Å². The number of fused-ring (bicyclic) bond motifs is 1. The number of hydrogen-bond acceptors (Lipinski definition) is 4. The molecule has 25 heavy (non-hydrogen) atoms. The van der Waals surface area contributed by atoms with E-state index in [1.54, 1.807) is 6.07 Å². The maximum atomic E-state index is 12.5.